The molecule has 1 aromatic heterocycles. The number of Topliss-reactive ketones (excluding diaryl/α,β-unsaturated/α-hetero) is 1. The first kappa shape index (κ1) is 13.0. The molecule has 5 nitrogen and oxygen atoms in total. The van der Waals surface area contributed by atoms with Gasteiger partial charge in [0.05, 0.1) is 18.7 Å². The van der Waals surface area contributed by atoms with Gasteiger partial charge in [-0.15, -0.1) is 0 Å². The number of aromatic nitrogens is 1. The minimum absolute atomic E-state index is 0.0414. The first-order chi connectivity index (χ1) is 8.72. The average Bonchev–Trinajstić information content (AvgIpc) is 2.47. The third kappa shape index (κ3) is 2.37. The molecule has 18 heavy (non-hydrogen) atoms. The number of ether oxygens (including phenoxy) is 2. The van der Waals surface area contributed by atoms with Gasteiger partial charge >= 0.3 is 0 Å². The second-order valence-electron chi connectivity index (χ2n) is 4.54. The van der Waals surface area contributed by atoms with Gasteiger partial charge in [0.2, 0.25) is 0 Å². The number of nitrogens with two attached hydrogens (primary N) is 1. The van der Waals surface area contributed by atoms with Crippen LogP contribution in [0.2, 0.25) is 0 Å². The van der Waals surface area contributed by atoms with Crippen molar-refractivity contribution in [2.75, 3.05) is 26.9 Å². The molecule has 0 aromatic carbocycles. The van der Waals surface area contributed by atoms with Crippen molar-refractivity contribution in [3.8, 4) is 5.75 Å². The molecule has 0 radical (unpaired) electrons. The molecule has 0 unspecified atom stereocenters. The van der Waals surface area contributed by atoms with Crippen LogP contribution in [0, 0.1) is 5.41 Å². The molecule has 0 bridgehead atoms. The zero-order valence-corrected chi connectivity index (χ0v) is 10.5. The van der Waals surface area contributed by atoms with Crippen molar-refractivity contribution in [2.24, 2.45) is 11.1 Å². The van der Waals surface area contributed by atoms with E-state index in [4.69, 9.17) is 15.2 Å². The molecule has 2 heterocycles. The summed E-state index contributed by atoms with van der Waals surface area (Å²) in [6, 6.07) is 1.71. The molecule has 1 aliphatic heterocycles. The van der Waals surface area contributed by atoms with E-state index in [1.807, 2.05) is 0 Å². The van der Waals surface area contributed by atoms with E-state index in [1.54, 1.807) is 25.6 Å². The van der Waals surface area contributed by atoms with E-state index in [2.05, 4.69) is 4.98 Å². The Morgan fingerprint density at radius 1 is 1.50 bits per heavy atom. The maximum atomic E-state index is 12.6. The summed E-state index contributed by atoms with van der Waals surface area (Å²) < 4.78 is 10.4. The SMILES string of the molecule is COc1cncc(C(=O)C2(CN)CCOCC2)c1. The van der Waals surface area contributed by atoms with Crippen molar-refractivity contribution in [2.45, 2.75) is 12.8 Å². The van der Waals surface area contributed by atoms with E-state index >= 15 is 0 Å². The number of nitrogens with zero attached hydrogens (tertiary/aromatic N) is 1. The second-order valence-corrected chi connectivity index (χ2v) is 4.54. The molecule has 0 saturated carbocycles. The quantitative estimate of drug-likeness (QED) is 0.808. The summed E-state index contributed by atoms with van der Waals surface area (Å²) in [6.07, 6.45) is 4.48. The highest BCUT2D eigenvalue weighted by molar-refractivity contribution is 6.00. The first-order valence-electron chi connectivity index (χ1n) is 6.03. The molecule has 1 fully saturated rings. The van der Waals surface area contributed by atoms with Gasteiger partial charge in [-0.1, -0.05) is 0 Å². The minimum Gasteiger partial charge on any atom is -0.495 e. The Labute approximate surface area is 106 Å². The van der Waals surface area contributed by atoms with Gasteiger partial charge in [-0.05, 0) is 18.9 Å². The third-order valence-corrected chi connectivity index (χ3v) is 3.53. The van der Waals surface area contributed by atoms with Crippen LogP contribution in [0.15, 0.2) is 18.5 Å². The van der Waals surface area contributed by atoms with Crippen LogP contribution in [-0.4, -0.2) is 37.6 Å². The maximum Gasteiger partial charge on any atom is 0.172 e. The fourth-order valence-corrected chi connectivity index (χ4v) is 2.25. The predicted molar refractivity (Wildman–Crippen MR) is 66.7 cm³/mol. The number of ketones is 1. The van der Waals surface area contributed by atoms with Crippen molar-refractivity contribution < 1.29 is 14.3 Å². The van der Waals surface area contributed by atoms with Gasteiger partial charge < -0.3 is 15.2 Å². The van der Waals surface area contributed by atoms with Gasteiger partial charge in [0.25, 0.3) is 0 Å². The van der Waals surface area contributed by atoms with Crippen LogP contribution in [0.1, 0.15) is 23.2 Å². The second kappa shape index (κ2) is 5.46. The van der Waals surface area contributed by atoms with Crippen LogP contribution in [0.3, 0.4) is 0 Å². The van der Waals surface area contributed by atoms with Gasteiger partial charge in [-0.2, -0.15) is 0 Å². The van der Waals surface area contributed by atoms with E-state index in [-0.39, 0.29) is 5.78 Å². The minimum atomic E-state index is -0.508. The molecule has 2 N–H and O–H groups in total. The molecule has 5 heteroatoms. The molecule has 1 aromatic rings. The molecule has 0 aliphatic carbocycles. The molecular weight excluding hydrogens is 232 g/mol. The Balaban J connectivity index is 2.27. The molecule has 0 atom stereocenters. The van der Waals surface area contributed by atoms with Crippen LogP contribution < -0.4 is 10.5 Å². The van der Waals surface area contributed by atoms with E-state index in [0.29, 0.717) is 43.9 Å². The first-order valence-corrected chi connectivity index (χ1v) is 6.03. The lowest BCUT2D eigenvalue weighted by molar-refractivity contribution is 0.0200. The van der Waals surface area contributed by atoms with Crippen molar-refractivity contribution in [3.05, 3.63) is 24.0 Å². The van der Waals surface area contributed by atoms with Crippen LogP contribution in [0.4, 0.5) is 0 Å². The van der Waals surface area contributed by atoms with E-state index in [9.17, 15) is 4.79 Å². The maximum absolute atomic E-state index is 12.6. The van der Waals surface area contributed by atoms with Crippen molar-refractivity contribution in [3.63, 3.8) is 0 Å². The summed E-state index contributed by atoms with van der Waals surface area (Å²) in [5.74, 6) is 0.625. The molecule has 2 rings (SSSR count). The number of rotatable bonds is 4. The molecule has 0 amide bonds. The number of hydrogen-bond acceptors (Lipinski definition) is 5. The van der Waals surface area contributed by atoms with Gasteiger partial charge in [0.1, 0.15) is 5.75 Å². The van der Waals surface area contributed by atoms with Gasteiger partial charge in [0, 0.05) is 31.5 Å². The average molecular weight is 250 g/mol. The van der Waals surface area contributed by atoms with E-state index in [0.717, 1.165) is 0 Å². The number of pyridine rings is 1. The zero-order chi connectivity index (χ0) is 13.0. The largest absolute Gasteiger partial charge is 0.495 e. The van der Waals surface area contributed by atoms with Crippen molar-refractivity contribution in [1.82, 2.24) is 4.98 Å². The van der Waals surface area contributed by atoms with Gasteiger partial charge in [0.15, 0.2) is 5.78 Å². The summed E-state index contributed by atoms with van der Waals surface area (Å²) >= 11 is 0. The normalized spacial score (nSPS) is 18.3. The molecular formula is C13H18N2O3. The van der Waals surface area contributed by atoms with Gasteiger partial charge in [-0.3, -0.25) is 9.78 Å². The standard InChI is InChI=1S/C13H18N2O3/c1-17-11-6-10(7-15-8-11)12(16)13(9-14)2-4-18-5-3-13/h6-8H,2-5,9,14H2,1H3. The Hall–Kier alpha value is -1.46. The molecule has 98 valence electrons. The highest BCUT2D eigenvalue weighted by Crippen LogP contribution is 2.33. The van der Waals surface area contributed by atoms with E-state index < -0.39 is 5.41 Å². The number of methoxy groups -OCH3 is 1. The lowest BCUT2D eigenvalue weighted by Crippen LogP contribution is -2.43. The van der Waals surface area contributed by atoms with Crippen LogP contribution in [-0.2, 0) is 4.74 Å². The lowest BCUT2D eigenvalue weighted by atomic mass is 9.74. The third-order valence-electron chi connectivity index (χ3n) is 3.53. The highest BCUT2D eigenvalue weighted by atomic mass is 16.5. The number of carbonyl (C=O) groups excluding carboxylic acids is 1. The van der Waals surface area contributed by atoms with E-state index in [1.165, 1.54) is 0 Å². The fourth-order valence-electron chi connectivity index (χ4n) is 2.25. The summed E-state index contributed by atoms with van der Waals surface area (Å²) in [7, 11) is 1.55. The van der Waals surface area contributed by atoms with Crippen molar-refractivity contribution in [1.29, 1.82) is 0 Å². The summed E-state index contributed by atoms with van der Waals surface area (Å²) in [5.41, 5.74) is 5.87. The fraction of sp³-hybridized carbons (Fsp3) is 0.538. The van der Waals surface area contributed by atoms with Crippen LogP contribution in [0.25, 0.3) is 0 Å². The molecule has 1 aliphatic rings. The monoisotopic (exact) mass is 250 g/mol. The Morgan fingerprint density at radius 3 is 2.83 bits per heavy atom. The smallest absolute Gasteiger partial charge is 0.172 e. The van der Waals surface area contributed by atoms with Gasteiger partial charge in [-0.25, -0.2) is 0 Å². The highest BCUT2D eigenvalue weighted by Gasteiger charge is 2.39. The Kier molecular flexibility index (Phi) is 3.93. The number of hydrogen-bond donors (Lipinski definition) is 1. The summed E-state index contributed by atoms with van der Waals surface area (Å²) in [5, 5.41) is 0. The predicted octanol–water partition coefficient (Wildman–Crippen LogP) is 1.03. The van der Waals surface area contributed by atoms with Crippen molar-refractivity contribution >= 4 is 5.78 Å². The molecule has 1 saturated heterocycles. The van der Waals surface area contributed by atoms with Crippen LogP contribution >= 0.6 is 0 Å². The van der Waals surface area contributed by atoms with Crippen LogP contribution in [0.5, 0.6) is 5.75 Å². The Bertz CT molecular complexity index is 428. The summed E-state index contributed by atoms with van der Waals surface area (Å²) in [4.78, 5) is 16.6. The topological polar surface area (TPSA) is 74.4 Å². The zero-order valence-electron chi connectivity index (χ0n) is 10.5. The lowest BCUT2D eigenvalue weighted by Gasteiger charge is -2.34. The molecule has 0 spiro atoms. The summed E-state index contributed by atoms with van der Waals surface area (Å²) in [6.45, 7) is 1.51. The Morgan fingerprint density at radius 2 is 2.22 bits per heavy atom. The number of carbonyl (C=O) groups is 1.